The molecule has 44 heavy (non-hydrogen) atoms. The van der Waals surface area contributed by atoms with Crippen LogP contribution in [0.3, 0.4) is 0 Å². The van der Waals surface area contributed by atoms with Crippen LogP contribution < -0.4 is 5.32 Å². The number of methoxy groups -OCH3 is 1. The minimum absolute atomic E-state index is 0.0888. The molecule has 1 heterocycles. The number of alkyl halides is 3. The number of carbonyl (C=O) groups is 4. The number of piperazine rings is 1. The average Bonchev–Trinajstić information content (AvgIpc) is 2.91. The van der Waals surface area contributed by atoms with Crippen molar-refractivity contribution in [1.82, 2.24) is 9.80 Å². The predicted octanol–water partition coefficient (Wildman–Crippen LogP) is 6.51. The molecule has 13 heteroatoms. The van der Waals surface area contributed by atoms with E-state index in [4.69, 9.17) is 14.3 Å². The Kier molecular flexibility index (Phi) is 11.8. The number of anilines is 1. The number of aryl methyl sites for hydroxylation is 1. The zero-order valence-electron chi connectivity index (χ0n) is 26.3. The molecule has 1 aliphatic rings. The van der Waals surface area contributed by atoms with Crippen LogP contribution in [0.5, 0.6) is 0 Å². The highest BCUT2D eigenvalue weighted by Gasteiger charge is 2.32. The van der Waals surface area contributed by atoms with Crippen LogP contribution in [0, 0.1) is 6.92 Å². The van der Waals surface area contributed by atoms with Gasteiger partial charge < -0.3 is 24.0 Å². The number of carbonyl (C=O) groups excluding carboxylic acids is 4. The van der Waals surface area contributed by atoms with Crippen molar-refractivity contribution in [2.45, 2.75) is 65.8 Å². The van der Waals surface area contributed by atoms with Gasteiger partial charge in [0.2, 0.25) is 0 Å². The van der Waals surface area contributed by atoms with Gasteiger partial charge in [0, 0.05) is 26.2 Å². The SMILES string of the molecule is COC=O.Cc1ccc(C(F)(F)F)cc1-c1ccc(NC(=O)OC(C)(C)C)c(C(=O)N2CCN(C(=O)OC(C)(C)C)CC2)c1. The maximum absolute atomic E-state index is 13.7. The molecule has 0 radical (unpaired) electrons. The molecule has 1 N–H and O–H groups in total. The highest BCUT2D eigenvalue weighted by molar-refractivity contribution is 6.04. The zero-order chi connectivity index (χ0) is 33.5. The van der Waals surface area contributed by atoms with E-state index >= 15 is 0 Å². The second-order valence-corrected chi connectivity index (χ2v) is 12.0. The van der Waals surface area contributed by atoms with Crippen LogP contribution in [0.1, 0.15) is 63.0 Å². The third-order valence-electron chi connectivity index (χ3n) is 6.08. The van der Waals surface area contributed by atoms with Crippen LogP contribution in [-0.4, -0.2) is 78.9 Å². The molecule has 1 fully saturated rings. The smallest absolute Gasteiger partial charge is 0.416 e. The van der Waals surface area contributed by atoms with Gasteiger partial charge in [0.15, 0.2) is 0 Å². The standard InChI is InChI=1S/C29H36F3N3O5.C2H4O2/c1-18-8-10-20(29(30,31)32)17-21(18)19-9-11-23(33-25(37)39-27(2,3)4)22(16-19)24(36)34-12-14-35(15-13-34)26(38)40-28(5,6)7;1-4-2-3/h8-11,16-17H,12-15H2,1-7H3,(H,33,37);2H,1H3. The number of benzene rings is 2. The van der Waals surface area contributed by atoms with Crippen molar-refractivity contribution in [1.29, 1.82) is 0 Å². The fraction of sp³-hybridized carbons (Fsp3) is 0.484. The van der Waals surface area contributed by atoms with Crippen LogP contribution in [0.4, 0.5) is 28.4 Å². The number of hydrogen-bond donors (Lipinski definition) is 1. The van der Waals surface area contributed by atoms with Crippen molar-refractivity contribution in [3.8, 4) is 11.1 Å². The van der Waals surface area contributed by atoms with Crippen LogP contribution >= 0.6 is 0 Å². The van der Waals surface area contributed by atoms with Gasteiger partial charge >= 0.3 is 18.4 Å². The summed E-state index contributed by atoms with van der Waals surface area (Å²) in [6.07, 6.45) is -5.79. The summed E-state index contributed by atoms with van der Waals surface area (Å²) in [5.74, 6) is -0.443. The summed E-state index contributed by atoms with van der Waals surface area (Å²) >= 11 is 0. The number of ether oxygens (including phenoxy) is 3. The molecule has 0 saturated carbocycles. The van der Waals surface area contributed by atoms with Gasteiger partial charge in [0.05, 0.1) is 23.9 Å². The van der Waals surface area contributed by atoms with Crippen LogP contribution in [-0.2, 0) is 25.2 Å². The fourth-order valence-electron chi connectivity index (χ4n) is 4.11. The van der Waals surface area contributed by atoms with E-state index in [0.29, 0.717) is 23.2 Å². The number of amides is 3. The molecule has 0 bridgehead atoms. The molecule has 1 aliphatic heterocycles. The number of hydrogen-bond acceptors (Lipinski definition) is 7. The summed E-state index contributed by atoms with van der Waals surface area (Å²) in [5.41, 5.74) is -0.736. The van der Waals surface area contributed by atoms with Crippen LogP contribution in [0.15, 0.2) is 36.4 Å². The van der Waals surface area contributed by atoms with Gasteiger partial charge in [-0.05, 0) is 89.4 Å². The average molecular weight is 624 g/mol. The molecule has 3 rings (SSSR count). The van der Waals surface area contributed by atoms with Gasteiger partial charge in [-0.2, -0.15) is 13.2 Å². The maximum Gasteiger partial charge on any atom is 0.416 e. The second kappa shape index (κ2) is 14.5. The molecule has 10 nitrogen and oxygen atoms in total. The summed E-state index contributed by atoms with van der Waals surface area (Å²) in [7, 11) is 1.31. The van der Waals surface area contributed by atoms with Crippen molar-refractivity contribution in [3.63, 3.8) is 0 Å². The molecular formula is C31H40F3N3O7. The predicted molar refractivity (Wildman–Crippen MR) is 158 cm³/mol. The Morgan fingerprint density at radius 3 is 1.89 bits per heavy atom. The first-order valence-corrected chi connectivity index (χ1v) is 13.8. The lowest BCUT2D eigenvalue weighted by molar-refractivity contribution is -0.137. The quantitative estimate of drug-likeness (QED) is 0.305. The third kappa shape index (κ3) is 10.8. The molecule has 0 spiro atoms. The normalized spacial score (nSPS) is 13.7. The summed E-state index contributed by atoms with van der Waals surface area (Å²) in [6.45, 7) is 13.3. The summed E-state index contributed by atoms with van der Waals surface area (Å²) in [5, 5.41) is 2.60. The zero-order valence-corrected chi connectivity index (χ0v) is 26.3. The van der Waals surface area contributed by atoms with Gasteiger partial charge in [-0.3, -0.25) is 14.9 Å². The molecule has 2 aromatic rings. The Morgan fingerprint density at radius 2 is 1.39 bits per heavy atom. The van der Waals surface area contributed by atoms with Gasteiger partial charge in [0.25, 0.3) is 12.4 Å². The van der Waals surface area contributed by atoms with E-state index in [1.165, 1.54) is 35.1 Å². The lowest BCUT2D eigenvalue weighted by Crippen LogP contribution is -2.51. The van der Waals surface area contributed by atoms with Gasteiger partial charge in [0.1, 0.15) is 11.2 Å². The van der Waals surface area contributed by atoms with Crippen molar-refractivity contribution >= 4 is 30.3 Å². The molecule has 1 saturated heterocycles. The van der Waals surface area contributed by atoms with Gasteiger partial charge in [-0.15, -0.1) is 0 Å². The largest absolute Gasteiger partial charge is 0.471 e. The minimum atomic E-state index is -4.53. The van der Waals surface area contributed by atoms with Crippen molar-refractivity contribution in [2.24, 2.45) is 0 Å². The Balaban J connectivity index is 0.00000159. The summed E-state index contributed by atoms with van der Waals surface area (Å²) < 4.78 is 54.9. The Labute approximate surface area is 255 Å². The van der Waals surface area contributed by atoms with E-state index in [1.54, 1.807) is 54.5 Å². The monoisotopic (exact) mass is 623 g/mol. The summed E-state index contributed by atoms with van der Waals surface area (Å²) in [6, 6.07) is 7.92. The minimum Gasteiger partial charge on any atom is -0.471 e. The first-order valence-electron chi connectivity index (χ1n) is 13.8. The third-order valence-corrected chi connectivity index (χ3v) is 6.08. The molecule has 0 unspecified atom stereocenters. The lowest BCUT2D eigenvalue weighted by Gasteiger charge is -2.36. The first kappa shape index (κ1) is 35.9. The Hall–Kier alpha value is -4.29. The molecule has 0 aliphatic carbocycles. The lowest BCUT2D eigenvalue weighted by atomic mass is 9.95. The highest BCUT2D eigenvalue weighted by Crippen LogP contribution is 2.35. The van der Waals surface area contributed by atoms with E-state index in [2.05, 4.69) is 10.1 Å². The maximum atomic E-state index is 13.7. The number of nitrogens with one attached hydrogen (secondary N) is 1. The van der Waals surface area contributed by atoms with E-state index in [1.807, 2.05) is 0 Å². The number of nitrogens with zero attached hydrogens (tertiary/aromatic N) is 2. The van der Waals surface area contributed by atoms with Crippen molar-refractivity contribution < 1.29 is 46.6 Å². The van der Waals surface area contributed by atoms with Crippen LogP contribution in [0.25, 0.3) is 11.1 Å². The molecule has 0 aromatic heterocycles. The first-order chi connectivity index (χ1) is 20.3. The molecule has 0 atom stereocenters. The second-order valence-electron chi connectivity index (χ2n) is 12.0. The number of halogens is 3. The number of rotatable bonds is 4. The molecule has 2 aromatic carbocycles. The van der Waals surface area contributed by atoms with E-state index in [9.17, 15) is 27.6 Å². The van der Waals surface area contributed by atoms with Crippen molar-refractivity contribution in [3.05, 3.63) is 53.1 Å². The fourth-order valence-corrected chi connectivity index (χ4v) is 4.11. The molecule has 3 amide bonds. The summed E-state index contributed by atoms with van der Waals surface area (Å²) in [4.78, 5) is 50.7. The Bertz CT molecular complexity index is 1340. The highest BCUT2D eigenvalue weighted by atomic mass is 19.4. The molecule has 242 valence electrons. The van der Waals surface area contributed by atoms with E-state index in [0.717, 1.165) is 12.1 Å². The van der Waals surface area contributed by atoms with E-state index < -0.39 is 41.0 Å². The Morgan fingerprint density at radius 1 is 0.841 bits per heavy atom. The van der Waals surface area contributed by atoms with Gasteiger partial charge in [-0.25, -0.2) is 9.59 Å². The van der Waals surface area contributed by atoms with Gasteiger partial charge in [-0.1, -0.05) is 12.1 Å². The van der Waals surface area contributed by atoms with Crippen molar-refractivity contribution in [2.75, 3.05) is 38.6 Å². The molecular weight excluding hydrogens is 583 g/mol. The van der Waals surface area contributed by atoms with Crippen LogP contribution in [0.2, 0.25) is 0 Å². The van der Waals surface area contributed by atoms with E-state index in [-0.39, 0.29) is 37.4 Å². The topological polar surface area (TPSA) is 114 Å².